The maximum atomic E-state index is 10.5. The molecule has 0 saturated heterocycles. The summed E-state index contributed by atoms with van der Waals surface area (Å²) >= 11 is 7.73. The number of carboxylic acids is 1. The summed E-state index contributed by atoms with van der Waals surface area (Å²) in [6.45, 7) is -0.385. The minimum absolute atomic E-state index is 0.228. The molecule has 0 fully saturated rings. The Morgan fingerprint density at radius 3 is 2.79 bits per heavy atom. The van der Waals surface area contributed by atoms with Crippen LogP contribution in [0.5, 0.6) is 5.75 Å². The number of hydrogen-bond donors (Lipinski definition) is 1. The molecule has 2 heterocycles. The van der Waals surface area contributed by atoms with Gasteiger partial charge in [0.1, 0.15) is 10.8 Å². The van der Waals surface area contributed by atoms with Gasteiger partial charge < -0.3 is 14.4 Å². The molecule has 1 N–H and O–H groups in total. The lowest BCUT2D eigenvalue weighted by Gasteiger charge is -2.03. The molecule has 6 nitrogen and oxygen atoms in total. The molecule has 0 atom stereocenters. The normalized spacial score (nSPS) is 11.5. The second-order valence-electron chi connectivity index (χ2n) is 4.64. The number of halogens is 1. The Labute approximate surface area is 146 Å². The molecule has 0 saturated carbocycles. The van der Waals surface area contributed by atoms with Crippen molar-refractivity contribution in [2.45, 2.75) is 0 Å². The van der Waals surface area contributed by atoms with Gasteiger partial charge in [-0.2, -0.15) is 4.98 Å². The number of thiophene rings is 1. The van der Waals surface area contributed by atoms with Crippen LogP contribution in [0.15, 0.2) is 46.3 Å². The molecule has 0 aliphatic carbocycles. The standard InChI is InChI=1S/C16H11ClN2O4S/c17-12(16-18-15(19-23-16)13-2-1-7-24-13)8-10-3-5-11(6-4-10)22-9-14(20)21/h1-8H,9H2,(H,20,21)/b12-8-. The molecule has 3 aromatic rings. The van der Waals surface area contributed by atoms with Crippen LogP contribution in [0.4, 0.5) is 0 Å². The van der Waals surface area contributed by atoms with E-state index in [2.05, 4.69) is 10.1 Å². The molecule has 0 spiro atoms. The van der Waals surface area contributed by atoms with Gasteiger partial charge in [-0.15, -0.1) is 11.3 Å². The first-order valence-corrected chi connectivity index (χ1v) is 8.07. The van der Waals surface area contributed by atoms with Crippen molar-refractivity contribution in [1.29, 1.82) is 0 Å². The van der Waals surface area contributed by atoms with E-state index >= 15 is 0 Å². The van der Waals surface area contributed by atoms with Crippen LogP contribution in [0.1, 0.15) is 11.5 Å². The molecule has 122 valence electrons. The van der Waals surface area contributed by atoms with Crippen LogP contribution in [0.25, 0.3) is 21.8 Å². The second-order valence-corrected chi connectivity index (χ2v) is 6.00. The monoisotopic (exact) mass is 362 g/mol. The van der Waals surface area contributed by atoms with Crippen LogP contribution < -0.4 is 4.74 Å². The van der Waals surface area contributed by atoms with Crippen molar-refractivity contribution in [3.8, 4) is 16.5 Å². The number of ether oxygens (including phenoxy) is 1. The molecule has 0 bridgehead atoms. The first kappa shape index (κ1) is 16.2. The second kappa shape index (κ2) is 7.29. The summed E-state index contributed by atoms with van der Waals surface area (Å²) in [4.78, 5) is 15.6. The maximum absolute atomic E-state index is 10.5. The summed E-state index contributed by atoms with van der Waals surface area (Å²) in [7, 11) is 0. The van der Waals surface area contributed by atoms with E-state index in [4.69, 9.17) is 26.0 Å². The fourth-order valence-corrected chi connectivity index (χ4v) is 2.69. The van der Waals surface area contributed by atoms with Crippen molar-refractivity contribution >= 4 is 40.0 Å². The van der Waals surface area contributed by atoms with Gasteiger partial charge in [-0.1, -0.05) is 35.0 Å². The van der Waals surface area contributed by atoms with Gasteiger partial charge in [-0.05, 0) is 35.2 Å². The third-order valence-corrected chi connectivity index (χ3v) is 4.04. The number of carbonyl (C=O) groups is 1. The van der Waals surface area contributed by atoms with Gasteiger partial charge in [0.2, 0.25) is 5.82 Å². The van der Waals surface area contributed by atoms with E-state index in [1.54, 1.807) is 30.3 Å². The topological polar surface area (TPSA) is 85.5 Å². The number of hydrogen-bond acceptors (Lipinski definition) is 6. The molecule has 3 rings (SSSR count). The third kappa shape index (κ3) is 4.01. The van der Waals surface area contributed by atoms with Gasteiger partial charge in [0, 0.05) is 0 Å². The molecule has 0 amide bonds. The van der Waals surface area contributed by atoms with Crippen molar-refractivity contribution < 1.29 is 19.2 Å². The smallest absolute Gasteiger partial charge is 0.341 e. The number of aliphatic carboxylic acids is 1. The Bertz CT molecular complexity index is 857. The number of benzene rings is 1. The van der Waals surface area contributed by atoms with E-state index in [-0.39, 0.29) is 12.5 Å². The lowest BCUT2D eigenvalue weighted by Crippen LogP contribution is -2.09. The molecule has 0 aliphatic heterocycles. The van der Waals surface area contributed by atoms with Crippen LogP contribution in [0.2, 0.25) is 0 Å². The Hall–Kier alpha value is -2.64. The predicted octanol–water partition coefficient (Wildman–Crippen LogP) is 4.00. The summed E-state index contributed by atoms with van der Waals surface area (Å²) < 4.78 is 10.2. The zero-order chi connectivity index (χ0) is 16.9. The summed E-state index contributed by atoms with van der Waals surface area (Å²) in [6.07, 6.45) is 1.67. The van der Waals surface area contributed by atoms with Crippen LogP contribution in [0, 0.1) is 0 Å². The molecule has 1 aromatic carbocycles. The largest absolute Gasteiger partial charge is 0.482 e. The summed E-state index contributed by atoms with van der Waals surface area (Å²) in [5, 5.41) is 14.7. The number of carboxylic acid groups (broad SMARTS) is 1. The van der Waals surface area contributed by atoms with Crippen LogP contribution in [-0.4, -0.2) is 27.8 Å². The highest BCUT2D eigenvalue weighted by Gasteiger charge is 2.12. The molecular weight excluding hydrogens is 352 g/mol. The first-order valence-electron chi connectivity index (χ1n) is 6.81. The molecule has 0 unspecified atom stereocenters. The average Bonchev–Trinajstić information content (AvgIpc) is 3.25. The highest BCUT2D eigenvalue weighted by molar-refractivity contribution is 7.13. The van der Waals surface area contributed by atoms with E-state index < -0.39 is 5.97 Å². The lowest BCUT2D eigenvalue weighted by molar-refractivity contribution is -0.139. The predicted molar refractivity (Wildman–Crippen MR) is 90.9 cm³/mol. The molecule has 2 aromatic heterocycles. The number of nitrogens with zero attached hydrogens (tertiary/aromatic N) is 2. The van der Waals surface area contributed by atoms with E-state index in [9.17, 15) is 4.79 Å². The Morgan fingerprint density at radius 1 is 1.33 bits per heavy atom. The van der Waals surface area contributed by atoms with Crippen LogP contribution in [-0.2, 0) is 4.79 Å². The summed E-state index contributed by atoms with van der Waals surface area (Å²) in [5.74, 6) is 0.152. The highest BCUT2D eigenvalue weighted by Crippen LogP contribution is 2.26. The molecule has 0 aliphatic rings. The van der Waals surface area contributed by atoms with Crippen LogP contribution in [0.3, 0.4) is 0 Å². The average molecular weight is 363 g/mol. The summed E-state index contributed by atoms with van der Waals surface area (Å²) in [5.41, 5.74) is 0.790. The fourth-order valence-electron chi connectivity index (χ4n) is 1.84. The highest BCUT2D eigenvalue weighted by atomic mass is 35.5. The van der Waals surface area contributed by atoms with E-state index in [0.717, 1.165) is 10.4 Å². The van der Waals surface area contributed by atoms with Crippen molar-refractivity contribution in [1.82, 2.24) is 10.1 Å². The van der Waals surface area contributed by atoms with Crippen LogP contribution >= 0.6 is 22.9 Å². The van der Waals surface area contributed by atoms with Crippen molar-refractivity contribution in [2.75, 3.05) is 6.61 Å². The fraction of sp³-hybridized carbons (Fsp3) is 0.0625. The molecule has 0 radical (unpaired) electrons. The van der Waals surface area contributed by atoms with E-state index in [1.807, 2.05) is 17.5 Å². The minimum atomic E-state index is -1.03. The zero-order valence-corrected chi connectivity index (χ0v) is 13.8. The zero-order valence-electron chi connectivity index (χ0n) is 12.2. The van der Waals surface area contributed by atoms with Crippen molar-refractivity contribution in [3.05, 3.63) is 53.2 Å². The molecule has 8 heteroatoms. The third-order valence-electron chi connectivity index (χ3n) is 2.91. The van der Waals surface area contributed by atoms with Crippen molar-refractivity contribution in [3.63, 3.8) is 0 Å². The summed E-state index contributed by atoms with van der Waals surface area (Å²) in [6, 6.07) is 10.6. The Morgan fingerprint density at radius 2 is 2.12 bits per heavy atom. The Kier molecular flexibility index (Phi) is 4.93. The quantitative estimate of drug-likeness (QED) is 0.713. The van der Waals surface area contributed by atoms with Gasteiger partial charge >= 0.3 is 5.97 Å². The van der Waals surface area contributed by atoms with E-state index in [0.29, 0.717) is 16.6 Å². The minimum Gasteiger partial charge on any atom is -0.482 e. The molecule has 24 heavy (non-hydrogen) atoms. The number of aromatic nitrogens is 2. The van der Waals surface area contributed by atoms with Gasteiger partial charge in [-0.3, -0.25) is 0 Å². The van der Waals surface area contributed by atoms with Gasteiger partial charge in [-0.25, -0.2) is 4.79 Å². The Balaban J connectivity index is 1.72. The van der Waals surface area contributed by atoms with Gasteiger partial charge in [0.15, 0.2) is 6.61 Å². The van der Waals surface area contributed by atoms with E-state index in [1.165, 1.54) is 11.3 Å². The maximum Gasteiger partial charge on any atom is 0.341 e. The first-order chi connectivity index (χ1) is 11.6. The van der Waals surface area contributed by atoms with Gasteiger partial charge in [0.25, 0.3) is 5.89 Å². The van der Waals surface area contributed by atoms with Gasteiger partial charge in [0.05, 0.1) is 4.88 Å². The lowest BCUT2D eigenvalue weighted by atomic mass is 10.2. The molecular formula is C16H11ClN2O4S. The number of rotatable bonds is 6. The van der Waals surface area contributed by atoms with Crippen molar-refractivity contribution in [2.24, 2.45) is 0 Å². The SMILES string of the molecule is O=C(O)COc1ccc(/C=C(\Cl)c2nc(-c3cccs3)no2)cc1.